The lowest BCUT2D eigenvalue weighted by atomic mass is 10.1. The number of carbonyl (C=O) groups is 3. The molecule has 3 rings (SSSR count). The average Bonchev–Trinajstić information content (AvgIpc) is 3.04. The molecule has 0 unspecified atom stereocenters. The van der Waals surface area contributed by atoms with Gasteiger partial charge in [0.2, 0.25) is 5.91 Å². The minimum absolute atomic E-state index is 0.0514. The normalized spacial score (nSPS) is 14.7. The zero-order valence-corrected chi connectivity index (χ0v) is 16.4. The number of cyclic esters (lactones) is 1. The number of rotatable bonds is 8. The van der Waals surface area contributed by atoms with Crippen LogP contribution in [0.25, 0.3) is 0 Å². The van der Waals surface area contributed by atoms with E-state index >= 15 is 0 Å². The largest absolute Gasteiger partial charge is 0.439 e. The second kappa shape index (κ2) is 9.41. The number of nitrogens with zero attached hydrogens (tertiary/aromatic N) is 1. The van der Waals surface area contributed by atoms with Crippen molar-refractivity contribution in [2.24, 2.45) is 0 Å². The summed E-state index contributed by atoms with van der Waals surface area (Å²) in [5, 5.41) is 2.95. The van der Waals surface area contributed by atoms with Crippen LogP contribution in [0.2, 0.25) is 0 Å². The highest BCUT2D eigenvalue weighted by Crippen LogP contribution is 2.19. The maximum atomic E-state index is 12.5. The molecule has 1 N–H and O–H groups in total. The highest BCUT2D eigenvalue weighted by atomic mass is 32.2. The fourth-order valence-electron chi connectivity index (χ4n) is 2.98. The fourth-order valence-corrected chi connectivity index (χ4v) is 3.38. The molecule has 1 fully saturated rings. The third-order valence-electron chi connectivity index (χ3n) is 4.54. The monoisotopic (exact) mass is 398 g/mol. The van der Waals surface area contributed by atoms with Gasteiger partial charge in [-0.2, -0.15) is 0 Å². The minimum Gasteiger partial charge on any atom is -0.439 e. The summed E-state index contributed by atoms with van der Waals surface area (Å²) in [7, 11) is 0. The van der Waals surface area contributed by atoms with Gasteiger partial charge in [0, 0.05) is 11.3 Å². The fraction of sp³-hybridized carbons (Fsp3) is 0.286. The van der Waals surface area contributed by atoms with Gasteiger partial charge in [-0.3, -0.25) is 9.59 Å². The van der Waals surface area contributed by atoms with Gasteiger partial charge in [0.05, 0.1) is 12.6 Å². The minimum atomic E-state index is -0.672. The Bertz CT molecular complexity index is 823. The van der Waals surface area contributed by atoms with E-state index in [-0.39, 0.29) is 19.1 Å². The van der Waals surface area contributed by atoms with E-state index in [9.17, 15) is 14.4 Å². The van der Waals surface area contributed by atoms with Crippen molar-refractivity contribution < 1.29 is 19.1 Å². The van der Waals surface area contributed by atoms with E-state index in [4.69, 9.17) is 4.74 Å². The summed E-state index contributed by atoms with van der Waals surface area (Å²) in [6.07, 6.45) is 2.29. The Morgan fingerprint density at radius 3 is 2.46 bits per heavy atom. The Hall–Kier alpha value is -2.80. The van der Waals surface area contributed by atoms with Gasteiger partial charge in [0.25, 0.3) is 5.91 Å². The molecule has 1 atom stereocenters. The lowest BCUT2D eigenvalue weighted by molar-refractivity contribution is -0.127. The molecule has 3 amide bonds. The Balaban J connectivity index is 1.63. The molecule has 6 nitrogen and oxygen atoms in total. The van der Waals surface area contributed by atoms with Crippen LogP contribution >= 0.6 is 11.8 Å². The molecule has 1 aliphatic heterocycles. The summed E-state index contributed by atoms with van der Waals surface area (Å²) in [4.78, 5) is 38.4. The molecule has 1 heterocycles. The first kappa shape index (κ1) is 19.9. The summed E-state index contributed by atoms with van der Waals surface area (Å²) in [5.41, 5.74) is 1.91. The molecule has 7 heteroatoms. The molecule has 1 saturated heterocycles. The number of imide groups is 1. The number of amides is 3. The van der Waals surface area contributed by atoms with Crippen molar-refractivity contribution in [1.82, 2.24) is 10.2 Å². The van der Waals surface area contributed by atoms with Crippen LogP contribution in [0.5, 0.6) is 0 Å². The van der Waals surface area contributed by atoms with E-state index in [0.29, 0.717) is 12.8 Å². The molecule has 0 saturated carbocycles. The zero-order chi connectivity index (χ0) is 19.9. The lowest BCUT2D eigenvalue weighted by Gasteiger charge is -2.23. The molecular formula is C21H22N2O4S. The van der Waals surface area contributed by atoms with Crippen molar-refractivity contribution in [3.05, 3.63) is 65.7 Å². The van der Waals surface area contributed by atoms with E-state index in [1.54, 1.807) is 11.8 Å². The second-order valence-electron chi connectivity index (χ2n) is 6.44. The summed E-state index contributed by atoms with van der Waals surface area (Å²) in [5.74, 6) is -0.531. The quantitative estimate of drug-likeness (QED) is 0.691. The van der Waals surface area contributed by atoms with E-state index in [1.807, 2.05) is 60.9 Å². The molecule has 0 aliphatic carbocycles. The van der Waals surface area contributed by atoms with Crippen molar-refractivity contribution in [2.45, 2.75) is 23.8 Å². The van der Waals surface area contributed by atoms with Gasteiger partial charge in [0.1, 0.15) is 0 Å². The average molecular weight is 398 g/mol. The predicted octanol–water partition coefficient (Wildman–Crippen LogP) is 3.18. The topological polar surface area (TPSA) is 75.7 Å². The van der Waals surface area contributed by atoms with Crippen LogP contribution in [-0.4, -0.2) is 42.2 Å². The first-order valence-electron chi connectivity index (χ1n) is 9.01. The van der Waals surface area contributed by atoms with Crippen molar-refractivity contribution in [1.29, 1.82) is 0 Å². The number of hydrogen-bond acceptors (Lipinski definition) is 5. The Morgan fingerprint density at radius 2 is 1.86 bits per heavy atom. The molecular weight excluding hydrogens is 376 g/mol. The third-order valence-corrected chi connectivity index (χ3v) is 5.29. The van der Waals surface area contributed by atoms with Gasteiger partial charge >= 0.3 is 6.09 Å². The van der Waals surface area contributed by atoms with Crippen LogP contribution in [0.15, 0.2) is 59.5 Å². The molecule has 0 aromatic heterocycles. The van der Waals surface area contributed by atoms with E-state index in [1.165, 1.54) is 4.90 Å². The van der Waals surface area contributed by atoms with Gasteiger partial charge in [-0.05, 0) is 35.9 Å². The Labute approximate surface area is 168 Å². The van der Waals surface area contributed by atoms with Crippen molar-refractivity contribution in [2.75, 3.05) is 19.4 Å². The molecule has 0 radical (unpaired) electrons. The Morgan fingerprint density at radius 1 is 1.14 bits per heavy atom. The molecule has 2 aromatic carbocycles. The van der Waals surface area contributed by atoms with Crippen LogP contribution in [0.3, 0.4) is 0 Å². The molecule has 28 heavy (non-hydrogen) atoms. The SMILES string of the molecule is CSc1ccc(CCC(=O)N[C@@H](CN2C(=O)COC2=O)c2ccccc2)cc1. The number of nitrogens with one attached hydrogen (secondary N) is 1. The number of hydrogen-bond donors (Lipinski definition) is 1. The summed E-state index contributed by atoms with van der Waals surface area (Å²) >= 11 is 1.67. The summed E-state index contributed by atoms with van der Waals surface area (Å²) in [6.45, 7) is -0.198. The van der Waals surface area contributed by atoms with Crippen molar-refractivity contribution in [3.8, 4) is 0 Å². The number of thioether (sulfide) groups is 1. The maximum Gasteiger partial charge on any atom is 0.417 e. The standard InChI is InChI=1S/C21H22N2O4S/c1-28-17-10-7-15(8-11-17)9-12-19(24)22-18(16-5-3-2-4-6-16)13-23-20(25)14-27-21(23)26/h2-8,10-11,18H,9,12-14H2,1H3,(H,22,24)/t18-/m0/s1. The van der Waals surface area contributed by atoms with Crippen molar-refractivity contribution in [3.63, 3.8) is 0 Å². The van der Waals surface area contributed by atoms with Gasteiger partial charge in [-0.25, -0.2) is 9.69 Å². The maximum absolute atomic E-state index is 12.5. The van der Waals surface area contributed by atoms with Gasteiger partial charge in [0.15, 0.2) is 6.61 Å². The Kier molecular flexibility index (Phi) is 6.71. The van der Waals surface area contributed by atoms with Crippen LogP contribution in [0, 0.1) is 0 Å². The number of aryl methyl sites for hydroxylation is 1. The van der Waals surface area contributed by atoms with Gasteiger partial charge < -0.3 is 10.1 Å². The number of benzene rings is 2. The van der Waals surface area contributed by atoms with Gasteiger partial charge in [-0.15, -0.1) is 11.8 Å². The van der Waals surface area contributed by atoms with Crippen molar-refractivity contribution >= 4 is 29.7 Å². The number of ether oxygens (including phenoxy) is 1. The zero-order valence-electron chi connectivity index (χ0n) is 15.6. The van der Waals surface area contributed by atoms with Crippen LogP contribution in [0.1, 0.15) is 23.6 Å². The second-order valence-corrected chi connectivity index (χ2v) is 7.32. The lowest BCUT2D eigenvalue weighted by Crippen LogP contribution is -2.40. The first-order valence-corrected chi connectivity index (χ1v) is 10.2. The molecule has 1 aliphatic rings. The highest BCUT2D eigenvalue weighted by molar-refractivity contribution is 7.98. The summed E-state index contributed by atoms with van der Waals surface area (Å²) in [6, 6.07) is 16.9. The molecule has 146 valence electrons. The molecule has 0 spiro atoms. The van der Waals surface area contributed by atoms with Crippen LogP contribution < -0.4 is 5.32 Å². The van der Waals surface area contributed by atoms with Crippen LogP contribution in [0.4, 0.5) is 4.79 Å². The predicted molar refractivity (Wildman–Crippen MR) is 107 cm³/mol. The first-order chi connectivity index (χ1) is 13.6. The van der Waals surface area contributed by atoms with E-state index in [0.717, 1.165) is 16.0 Å². The van der Waals surface area contributed by atoms with E-state index in [2.05, 4.69) is 5.32 Å². The molecule has 2 aromatic rings. The number of carbonyl (C=O) groups excluding carboxylic acids is 3. The third kappa shape index (κ3) is 5.13. The van der Waals surface area contributed by atoms with Crippen LogP contribution in [-0.2, 0) is 20.7 Å². The van der Waals surface area contributed by atoms with Gasteiger partial charge in [-0.1, -0.05) is 42.5 Å². The summed E-state index contributed by atoms with van der Waals surface area (Å²) < 4.78 is 4.77. The van der Waals surface area contributed by atoms with E-state index < -0.39 is 18.0 Å². The molecule has 0 bridgehead atoms. The highest BCUT2D eigenvalue weighted by Gasteiger charge is 2.33. The smallest absolute Gasteiger partial charge is 0.417 e.